The van der Waals surface area contributed by atoms with Gasteiger partial charge < -0.3 is 9.67 Å². The van der Waals surface area contributed by atoms with Crippen molar-refractivity contribution in [3.8, 4) is 22.6 Å². The topological polar surface area (TPSA) is 135 Å². The van der Waals surface area contributed by atoms with Gasteiger partial charge in [-0.3, -0.25) is 4.98 Å². The largest absolute Gasteiger partial charge is 0.477 e. The second-order valence-electron chi connectivity index (χ2n) is 8.01. The number of aromatic carboxylic acids is 1. The van der Waals surface area contributed by atoms with Crippen molar-refractivity contribution in [2.75, 3.05) is 0 Å². The van der Waals surface area contributed by atoms with E-state index in [0.29, 0.717) is 18.0 Å². The van der Waals surface area contributed by atoms with Crippen LogP contribution >= 0.6 is 0 Å². The van der Waals surface area contributed by atoms with Gasteiger partial charge >= 0.3 is 5.97 Å². The molecule has 0 aliphatic heterocycles. The van der Waals surface area contributed by atoms with Crippen molar-refractivity contribution in [2.45, 2.75) is 33.2 Å². The third-order valence-electron chi connectivity index (χ3n) is 5.64. The summed E-state index contributed by atoms with van der Waals surface area (Å²) in [6.45, 7) is 4.49. The monoisotopic (exact) mass is 454 g/mol. The summed E-state index contributed by atoms with van der Waals surface area (Å²) in [5.74, 6) is 0.397. The van der Waals surface area contributed by atoms with E-state index in [0.717, 1.165) is 52.1 Å². The number of hydrogen-bond acceptors (Lipinski definition) is 7. The molecule has 0 atom stereocenters. The van der Waals surface area contributed by atoms with Crippen molar-refractivity contribution >= 4 is 17.1 Å². The van der Waals surface area contributed by atoms with E-state index in [1.165, 1.54) is 0 Å². The highest BCUT2D eigenvalue weighted by Crippen LogP contribution is 2.28. The van der Waals surface area contributed by atoms with Gasteiger partial charge in [-0.1, -0.05) is 31.2 Å². The lowest BCUT2D eigenvalue weighted by molar-refractivity contribution is 0.0690. The molecule has 5 aromatic rings. The number of hydrogen-bond donors (Lipinski definition) is 2. The highest BCUT2D eigenvalue weighted by Gasteiger charge is 2.18. The quantitative estimate of drug-likeness (QED) is 0.380. The lowest BCUT2D eigenvalue weighted by atomic mass is 10.0. The normalized spacial score (nSPS) is 11.2. The summed E-state index contributed by atoms with van der Waals surface area (Å²) >= 11 is 0. The van der Waals surface area contributed by atoms with Gasteiger partial charge in [-0.25, -0.2) is 19.9 Å². The maximum atomic E-state index is 11.6. The molecule has 4 heterocycles. The molecule has 0 saturated carbocycles. The number of imidazole rings is 1. The predicted octanol–water partition coefficient (Wildman–Crippen LogP) is 3.68. The number of fused-ring (bicyclic) bond motifs is 1. The molecule has 0 unspecified atom stereocenters. The molecule has 0 saturated heterocycles. The number of benzene rings is 1. The molecular formula is C24H22N8O2. The van der Waals surface area contributed by atoms with Crippen LogP contribution in [0.1, 0.15) is 40.8 Å². The number of carbonyl (C=O) groups is 1. The minimum atomic E-state index is -1.05. The number of carboxylic acid groups (broad SMARTS) is 1. The van der Waals surface area contributed by atoms with Gasteiger partial charge in [0.15, 0.2) is 17.2 Å². The number of aromatic nitrogens is 8. The molecule has 1 aromatic carbocycles. The predicted molar refractivity (Wildman–Crippen MR) is 125 cm³/mol. The second kappa shape index (κ2) is 8.81. The lowest BCUT2D eigenvalue weighted by Crippen LogP contribution is -2.08. The average Bonchev–Trinajstić information content (AvgIpc) is 3.49. The molecule has 0 radical (unpaired) electrons. The third-order valence-corrected chi connectivity index (χ3v) is 5.64. The molecule has 0 aliphatic carbocycles. The number of rotatable bonds is 7. The Kier molecular flexibility index (Phi) is 5.54. The van der Waals surface area contributed by atoms with Gasteiger partial charge in [0.1, 0.15) is 11.3 Å². The van der Waals surface area contributed by atoms with Crippen LogP contribution in [0.15, 0.2) is 48.7 Å². The maximum absolute atomic E-state index is 11.6. The van der Waals surface area contributed by atoms with Crippen molar-refractivity contribution in [3.05, 3.63) is 71.3 Å². The van der Waals surface area contributed by atoms with Crippen molar-refractivity contribution in [1.82, 2.24) is 40.1 Å². The SMILES string of the molecule is CCCc1nc2c(C)cc(C(=O)O)nc2n1Cc1ccc(-c2ncccc2-c2nnn[nH]2)cc1. The standard InChI is InChI=1S/C24H22N8O2/c1-3-5-19-27-20-14(2)12-18(24(33)34)26-23(20)32(19)13-15-7-9-16(10-8-15)21-17(6-4-11-25-21)22-28-30-31-29-22/h4,6-12H,3,5,13H2,1-2H3,(H,33,34)(H,28,29,30,31). The molecule has 0 fully saturated rings. The Balaban J connectivity index is 1.52. The minimum absolute atomic E-state index is 0.0223. The number of aryl methyl sites for hydroxylation is 2. The van der Waals surface area contributed by atoms with Gasteiger partial charge in [0.2, 0.25) is 0 Å². The van der Waals surface area contributed by atoms with Crippen LogP contribution in [0.25, 0.3) is 33.8 Å². The van der Waals surface area contributed by atoms with Crippen LogP contribution in [-0.2, 0) is 13.0 Å². The molecule has 2 N–H and O–H groups in total. The van der Waals surface area contributed by atoms with E-state index in [1.54, 1.807) is 12.3 Å². The first kappa shape index (κ1) is 21.4. The van der Waals surface area contributed by atoms with Gasteiger partial charge in [-0.15, -0.1) is 5.10 Å². The van der Waals surface area contributed by atoms with Gasteiger partial charge in [-0.2, -0.15) is 0 Å². The number of carboxylic acids is 1. The fourth-order valence-corrected chi connectivity index (χ4v) is 4.03. The van der Waals surface area contributed by atoms with Crippen molar-refractivity contribution in [2.24, 2.45) is 0 Å². The summed E-state index contributed by atoms with van der Waals surface area (Å²) in [7, 11) is 0. The molecule has 34 heavy (non-hydrogen) atoms. The summed E-state index contributed by atoms with van der Waals surface area (Å²) < 4.78 is 2.01. The van der Waals surface area contributed by atoms with E-state index in [2.05, 4.69) is 37.5 Å². The molecule has 10 nitrogen and oxygen atoms in total. The molecule has 4 aromatic heterocycles. The zero-order valence-electron chi connectivity index (χ0n) is 18.7. The molecular weight excluding hydrogens is 432 g/mol. The number of tetrazole rings is 1. The smallest absolute Gasteiger partial charge is 0.354 e. The Morgan fingerprint density at radius 3 is 2.68 bits per heavy atom. The van der Waals surface area contributed by atoms with E-state index in [-0.39, 0.29) is 5.69 Å². The van der Waals surface area contributed by atoms with E-state index in [1.807, 2.05) is 47.9 Å². The van der Waals surface area contributed by atoms with Gasteiger partial charge in [-0.05, 0) is 53.1 Å². The van der Waals surface area contributed by atoms with Crippen LogP contribution in [0, 0.1) is 6.92 Å². The first-order valence-corrected chi connectivity index (χ1v) is 10.9. The number of nitrogens with zero attached hydrogens (tertiary/aromatic N) is 7. The summed E-state index contributed by atoms with van der Waals surface area (Å²) in [6, 6.07) is 13.4. The van der Waals surface area contributed by atoms with Gasteiger partial charge in [0.05, 0.1) is 12.2 Å². The Hall–Kier alpha value is -4.47. The fraction of sp³-hybridized carbons (Fsp3) is 0.208. The molecule has 0 bridgehead atoms. The summed E-state index contributed by atoms with van der Waals surface area (Å²) in [5, 5.41) is 23.6. The van der Waals surface area contributed by atoms with Crippen molar-refractivity contribution < 1.29 is 9.90 Å². The zero-order chi connectivity index (χ0) is 23.7. The number of pyridine rings is 2. The van der Waals surface area contributed by atoms with Crippen molar-refractivity contribution in [3.63, 3.8) is 0 Å². The summed E-state index contributed by atoms with van der Waals surface area (Å²) in [4.78, 5) is 25.3. The number of nitrogens with one attached hydrogen (secondary N) is 1. The highest BCUT2D eigenvalue weighted by molar-refractivity contribution is 5.89. The Morgan fingerprint density at radius 2 is 1.97 bits per heavy atom. The number of H-pyrrole nitrogens is 1. The first-order chi connectivity index (χ1) is 16.5. The summed E-state index contributed by atoms with van der Waals surface area (Å²) in [6.07, 6.45) is 3.43. The van der Waals surface area contributed by atoms with Crippen LogP contribution in [0.4, 0.5) is 0 Å². The van der Waals surface area contributed by atoms with Crippen LogP contribution in [0.2, 0.25) is 0 Å². The maximum Gasteiger partial charge on any atom is 0.354 e. The molecule has 170 valence electrons. The Morgan fingerprint density at radius 1 is 1.15 bits per heavy atom. The molecule has 0 aliphatic rings. The fourth-order valence-electron chi connectivity index (χ4n) is 4.03. The van der Waals surface area contributed by atoms with E-state index < -0.39 is 5.97 Å². The molecule has 10 heteroatoms. The second-order valence-corrected chi connectivity index (χ2v) is 8.01. The van der Waals surface area contributed by atoms with E-state index in [4.69, 9.17) is 4.98 Å². The van der Waals surface area contributed by atoms with Crippen LogP contribution in [0.3, 0.4) is 0 Å². The van der Waals surface area contributed by atoms with Crippen LogP contribution < -0.4 is 0 Å². The third kappa shape index (κ3) is 3.90. The van der Waals surface area contributed by atoms with E-state index >= 15 is 0 Å². The minimum Gasteiger partial charge on any atom is -0.477 e. The van der Waals surface area contributed by atoms with Crippen LogP contribution in [-0.4, -0.2) is 51.2 Å². The lowest BCUT2D eigenvalue weighted by Gasteiger charge is -2.11. The van der Waals surface area contributed by atoms with E-state index in [9.17, 15) is 9.90 Å². The summed E-state index contributed by atoms with van der Waals surface area (Å²) in [5.41, 5.74) is 5.72. The molecule has 0 amide bonds. The van der Waals surface area contributed by atoms with Crippen LogP contribution in [0.5, 0.6) is 0 Å². The van der Waals surface area contributed by atoms with Gasteiger partial charge in [0, 0.05) is 23.7 Å². The first-order valence-electron chi connectivity index (χ1n) is 10.9. The van der Waals surface area contributed by atoms with Gasteiger partial charge in [0.25, 0.3) is 0 Å². The van der Waals surface area contributed by atoms with Crippen molar-refractivity contribution in [1.29, 1.82) is 0 Å². The average molecular weight is 454 g/mol. The molecule has 5 rings (SSSR count). The molecule has 0 spiro atoms. The highest BCUT2D eigenvalue weighted by atomic mass is 16.4. The Labute approximate surface area is 194 Å². The zero-order valence-corrected chi connectivity index (χ0v) is 18.7. The number of aromatic amines is 1. The Bertz CT molecular complexity index is 1470.